The lowest BCUT2D eigenvalue weighted by molar-refractivity contribution is -0.140. The van der Waals surface area contributed by atoms with Crippen molar-refractivity contribution in [3.05, 3.63) is 72.3 Å². The minimum absolute atomic E-state index is 0.0928. The lowest BCUT2D eigenvalue weighted by atomic mass is 9.99. The van der Waals surface area contributed by atoms with Gasteiger partial charge in [0, 0.05) is 19.1 Å². The van der Waals surface area contributed by atoms with Crippen LogP contribution in [0.15, 0.2) is 60.7 Å². The van der Waals surface area contributed by atoms with E-state index in [1.807, 2.05) is 63.5 Å². The molecule has 0 bridgehead atoms. The van der Waals surface area contributed by atoms with Gasteiger partial charge in [-0.1, -0.05) is 77.9 Å². The number of aromatic amines is 2. The predicted octanol–water partition coefficient (Wildman–Crippen LogP) is 8.47. The first kappa shape index (κ1) is 43.2. The van der Waals surface area contributed by atoms with Crippen LogP contribution >= 0.6 is 0 Å². The maximum absolute atomic E-state index is 14.3. The van der Waals surface area contributed by atoms with E-state index in [2.05, 4.69) is 77.7 Å². The Balaban J connectivity index is 1.09. The summed E-state index contributed by atoms with van der Waals surface area (Å²) in [4.78, 5) is 75.3. The van der Waals surface area contributed by atoms with Crippen LogP contribution in [-0.2, 0) is 19.1 Å². The molecule has 61 heavy (non-hydrogen) atoms. The number of H-pyrrole nitrogens is 2. The third-order valence-corrected chi connectivity index (χ3v) is 12.3. The third-order valence-electron chi connectivity index (χ3n) is 12.3. The Labute approximate surface area is 357 Å². The molecule has 0 radical (unpaired) electrons. The molecule has 2 fully saturated rings. The Bertz CT molecular complexity index is 2400. The number of imidazole rings is 2. The second-order valence-corrected chi connectivity index (χ2v) is 18.0. The van der Waals surface area contributed by atoms with Crippen LogP contribution in [0, 0.1) is 23.7 Å². The van der Waals surface area contributed by atoms with Crippen molar-refractivity contribution in [2.45, 2.75) is 98.4 Å². The monoisotopic (exact) mass is 832 g/mol. The molecule has 0 saturated carbocycles. The normalized spacial score (nSPS) is 20.2. The molecule has 14 heteroatoms. The van der Waals surface area contributed by atoms with Gasteiger partial charge in [-0.3, -0.25) is 14.5 Å². The van der Waals surface area contributed by atoms with Gasteiger partial charge in [0.25, 0.3) is 0 Å². The number of nitrogens with one attached hydrogen (secondary N) is 3. The first-order valence-electron chi connectivity index (χ1n) is 21.5. The highest BCUT2D eigenvalue weighted by Gasteiger charge is 2.44. The molecule has 2 aliphatic rings. The Kier molecular flexibility index (Phi) is 12.4. The molecule has 2 aromatic heterocycles. The molecule has 3 aromatic carbocycles. The van der Waals surface area contributed by atoms with Crippen LogP contribution in [-0.4, -0.2) is 104 Å². The molecule has 324 valence electrons. The molecular formula is C47H60N8O6. The number of nitrogens with zero attached hydrogens (tertiary/aromatic N) is 5. The minimum atomic E-state index is -0.706. The fourth-order valence-corrected chi connectivity index (χ4v) is 9.21. The topological polar surface area (TPSA) is 166 Å². The first-order chi connectivity index (χ1) is 29.1. The summed E-state index contributed by atoms with van der Waals surface area (Å²) in [6, 6.07) is 18.7. The van der Waals surface area contributed by atoms with Crippen molar-refractivity contribution < 1.29 is 28.7 Å². The Morgan fingerprint density at radius 2 is 1.20 bits per heavy atom. The number of carbonyl (C=O) groups excluding carboxylic acids is 4. The zero-order chi connectivity index (χ0) is 43.9. The number of benzene rings is 3. The van der Waals surface area contributed by atoms with Crippen molar-refractivity contribution in [2.75, 3.05) is 27.3 Å². The number of fused-ring (bicyclic) bond motifs is 2. The molecule has 14 nitrogen and oxygen atoms in total. The van der Waals surface area contributed by atoms with Gasteiger partial charge in [-0.05, 0) is 96.9 Å². The van der Waals surface area contributed by atoms with E-state index in [4.69, 9.17) is 19.4 Å². The molecule has 3 N–H and O–H groups in total. The van der Waals surface area contributed by atoms with Gasteiger partial charge in [0.2, 0.25) is 11.8 Å². The summed E-state index contributed by atoms with van der Waals surface area (Å²) >= 11 is 0. The summed E-state index contributed by atoms with van der Waals surface area (Å²) in [6.45, 7) is 17.0. The van der Waals surface area contributed by atoms with E-state index in [-0.39, 0.29) is 53.6 Å². The predicted molar refractivity (Wildman–Crippen MR) is 235 cm³/mol. The van der Waals surface area contributed by atoms with Crippen molar-refractivity contribution in [2.24, 2.45) is 23.7 Å². The van der Waals surface area contributed by atoms with Crippen molar-refractivity contribution >= 4 is 46.1 Å². The van der Waals surface area contributed by atoms with Crippen molar-refractivity contribution in [1.82, 2.24) is 40.0 Å². The molecule has 5 aromatic rings. The van der Waals surface area contributed by atoms with Gasteiger partial charge in [0.05, 0.1) is 48.4 Å². The van der Waals surface area contributed by atoms with E-state index in [1.54, 1.807) is 4.90 Å². The Morgan fingerprint density at radius 3 is 1.74 bits per heavy atom. The first-order valence-corrected chi connectivity index (χ1v) is 21.5. The van der Waals surface area contributed by atoms with Crippen LogP contribution in [0.2, 0.25) is 0 Å². The van der Waals surface area contributed by atoms with Gasteiger partial charge >= 0.3 is 12.2 Å². The number of methoxy groups -OCH3 is 2. The van der Waals surface area contributed by atoms with Crippen LogP contribution in [0.25, 0.3) is 44.3 Å². The second-order valence-electron chi connectivity index (χ2n) is 18.0. The molecule has 0 spiro atoms. The van der Waals surface area contributed by atoms with Crippen LogP contribution in [0.5, 0.6) is 0 Å². The van der Waals surface area contributed by atoms with Crippen molar-refractivity contribution in [3.63, 3.8) is 0 Å². The maximum Gasteiger partial charge on any atom is 0.410 e. The molecule has 0 aliphatic carbocycles. The number of hydrogen-bond donors (Lipinski definition) is 3. The van der Waals surface area contributed by atoms with E-state index in [9.17, 15) is 19.2 Å². The Hall–Kier alpha value is -5.92. The number of rotatable bonds is 11. The van der Waals surface area contributed by atoms with Gasteiger partial charge in [0.15, 0.2) is 0 Å². The highest BCUT2D eigenvalue weighted by atomic mass is 16.5. The molecule has 4 heterocycles. The standard InChI is InChI=1S/C47H60N8O6/c1-25(2)40(52-46(58)60-9)44(56)53-23-28(7)19-38(53)42-48-34-17-15-32(21-36(34)50-42)30-11-13-31(14-12-30)33-16-18-35-37(22-33)51-43(49-35)39-20-29(8)24-54(39)45(57)41(26(3)4)55(27(5)6)47(59)61-10/h11-18,21-22,25-29,38-41H,19-20,23-24H2,1-10H3,(H,48,50)(H,49,51)(H,52,58)/t28-,29-,38-,39-,40-,41-/m0/s1. The number of likely N-dealkylation sites (tertiary alicyclic amines) is 2. The Morgan fingerprint density at radius 1 is 0.672 bits per heavy atom. The largest absolute Gasteiger partial charge is 0.453 e. The highest BCUT2D eigenvalue weighted by Crippen LogP contribution is 2.39. The van der Waals surface area contributed by atoms with Gasteiger partial charge in [-0.25, -0.2) is 19.6 Å². The third kappa shape index (κ3) is 8.67. The summed E-state index contributed by atoms with van der Waals surface area (Å²) < 4.78 is 9.91. The van der Waals surface area contributed by atoms with E-state index in [1.165, 1.54) is 14.2 Å². The number of hydrogen-bond acceptors (Lipinski definition) is 8. The summed E-state index contributed by atoms with van der Waals surface area (Å²) in [5, 5.41) is 2.73. The maximum atomic E-state index is 14.3. The number of amides is 4. The zero-order valence-electron chi connectivity index (χ0n) is 37.0. The molecular weight excluding hydrogens is 773 g/mol. The lowest BCUT2D eigenvalue weighted by Crippen LogP contribution is -2.55. The van der Waals surface area contributed by atoms with Crippen molar-refractivity contribution in [3.8, 4) is 22.3 Å². The number of carbonyl (C=O) groups is 4. The van der Waals surface area contributed by atoms with Crippen LogP contribution < -0.4 is 5.32 Å². The molecule has 0 unspecified atom stereocenters. The summed E-state index contributed by atoms with van der Waals surface area (Å²) in [6.07, 6.45) is 0.399. The second kappa shape index (κ2) is 17.6. The molecule has 2 aliphatic heterocycles. The quantitative estimate of drug-likeness (QED) is 0.119. The molecule has 4 amide bonds. The van der Waals surface area contributed by atoms with Crippen LogP contribution in [0.3, 0.4) is 0 Å². The van der Waals surface area contributed by atoms with E-state index >= 15 is 0 Å². The van der Waals surface area contributed by atoms with E-state index < -0.39 is 24.3 Å². The van der Waals surface area contributed by atoms with Gasteiger partial charge < -0.3 is 34.6 Å². The average molecular weight is 833 g/mol. The number of alkyl carbamates (subject to hydrolysis) is 1. The SMILES string of the molecule is COC(=O)N[C@H](C(=O)N1C[C@@H](C)C[C@H]1c1nc2cc(-c3ccc(-c4ccc5nc([C@@H]6C[C@H](C)CN6C(=O)[C@H](C(C)C)N(C(=O)OC)C(C)C)[nH]c5c4)cc3)ccc2[nH]1)C(C)C. The number of ether oxygens (including phenoxy) is 2. The smallest absolute Gasteiger partial charge is 0.410 e. The average Bonchev–Trinajstić information content (AvgIpc) is 4.04. The van der Waals surface area contributed by atoms with E-state index in [0.717, 1.165) is 68.8 Å². The van der Waals surface area contributed by atoms with Gasteiger partial charge in [0.1, 0.15) is 23.7 Å². The number of aromatic nitrogens is 4. The summed E-state index contributed by atoms with van der Waals surface area (Å²) in [5.74, 6) is 1.54. The van der Waals surface area contributed by atoms with Crippen LogP contribution in [0.4, 0.5) is 9.59 Å². The van der Waals surface area contributed by atoms with Crippen LogP contribution in [0.1, 0.15) is 92.0 Å². The lowest BCUT2D eigenvalue weighted by Gasteiger charge is -2.38. The molecule has 2 saturated heterocycles. The van der Waals surface area contributed by atoms with Gasteiger partial charge in [-0.2, -0.15) is 0 Å². The summed E-state index contributed by atoms with van der Waals surface area (Å²) in [5.41, 5.74) is 7.57. The summed E-state index contributed by atoms with van der Waals surface area (Å²) in [7, 11) is 2.65. The van der Waals surface area contributed by atoms with E-state index in [0.29, 0.717) is 13.1 Å². The molecule has 7 rings (SSSR count). The highest BCUT2D eigenvalue weighted by molar-refractivity contribution is 5.89. The fourth-order valence-electron chi connectivity index (χ4n) is 9.21. The van der Waals surface area contributed by atoms with Gasteiger partial charge in [-0.15, -0.1) is 0 Å². The zero-order valence-corrected chi connectivity index (χ0v) is 37.0. The fraction of sp³-hybridized carbons (Fsp3) is 0.489. The molecule has 6 atom stereocenters. The minimum Gasteiger partial charge on any atom is -0.453 e. The van der Waals surface area contributed by atoms with Crippen molar-refractivity contribution in [1.29, 1.82) is 0 Å².